The molecule has 0 radical (unpaired) electrons. The van der Waals surface area contributed by atoms with Crippen molar-refractivity contribution in [3.05, 3.63) is 41.7 Å². The zero-order valence-corrected chi connectivity index (χ0v) is 23.8. The molecule has 0 aliphatic carbocycles. The summed E-state index contributed by atoms with van der Waals surface area (Å²) in [6, 6.07) is 3.96. The fraction of sp³-hybridized carbons (Fsp3) is 0.704. The van der Waals surface area contributed by atoms with E-state index >= 15 is 0 Å². The largest absolute Gasteiger partial charge is 0.493 e. The molecule has 2 aliphatic rings. The summed E-state index contributed by atoms with van der Waals surface area (Å²) < 4.78 is 62.2. The van der Waals surface area contributed by atoms with Gasteiger partial charge in [0.15, 0.2) is 18.2 Å². The first-order valence-electron chi connectivity index (χ1n) is 12.6. The van der Waals surface area contributed by atoms with Crippen molar-refractivity contribution in [2.75, 3.05) is 13.7 Å². The van der Waals surface area contributed by atoms with Gasteiger partial charge >= 0.3 is 0 Å². The lowest BCUT2D eigenvalue weighted by Crippen LogP contribution is -2.45. The molecule has 2 aliphatic heterocycles. The predicted octanol–water partition coefficient (Wildman–Crippen LogP) is 5.18. The Kier molecular flexibility index (Phi) is 8.96. The number of hydrogen-bond acceptors (Lipinski definition) is 8. The van der Waals surface area contributed by atoms with E-state index < -0.39 is 46.6 Å². The normalized spacial score (nSPS) is 26.6. The molecule has 8 nitrogen and oxygen atoms in total. The average Bonchev–Trinajstić information content (AvgIpc) is 3.26. The van der Waals surface area contributed by atoms with Crippen LogP contribution in [0.3, 0.4) is 0 Å². The molecule has 36 heavy (non-hydrogen) atoms. The third-order valence-electron chi connectivity index (χ3n) is 6.65. The maximum absolute atomic E-state index is 13.7. The van der Waals surface area contributed by atoms with Gasteiger partial charge in [-0.25, -0.2) is 0 Å². The number of methoxy groups -OCH3 is 1. The lowest BCUT2D eigenvalue weighted by molar-refractivity contribution is -0.229. The monoisotopic (exact) mass is 526 g/mol. The van der Waals surface area contributed by atoms with Gasteiger partial charge in [0.2, 0.25) is 0 Å². The van der Waals surface area contributed by atoms with Crippen LogP contribution in [0.5, 0.6) is 0 Å². The van der Waals surface area contributed by atoms with E-state index in [1.165, 1.54) is 6.26 Å². The van der Waals surface area contributed by atoms with Crippen molar-refractivity contribution < 1.29 is 36.3 Å². The van der Waals surface area contributed by atoms with E-state index in [2.05, 4.69) is 20.4 Å². The van der Waals surface area contributed by atoms with Crippen molar-refractivity contribution in [1.82, 2.24) is 0 Å². The quantitative estimate of drug-likeness (QED) is 0.288. The van der Waals surface area contributed by atoms with Crippen LogP contribution in [0.25, 0.3) is 0 Å². The van der Waals surface area contributed by atoms with Gasteiger partial charge in [0.25, 0.3) is 10.1 Å². The van der Waals surface area contributed by atoms with Crippen LogP contribution in [0.1, 0.15) is 89.8 Å². The number of hydrogen-bond donors (Lipinski definition) is 0. The summed E-state index contributed by atoms with van der Waals surface area (Å²) in [5, 5.41) is 0. The van der Waals surface area contributed by atoms with Crippen LogP contribution in [0, 0.1) is 0 Å². The summed E-state index contributed by atoms with van der Waals surface area (Å²) in [6.07, 6.45) is -1.95. The molecule has 0 bridgehead atoms. The van der Waals surface area contributed by atoms with Gasteiger partial charge in [0.05, 0.1) is 6.26 Å². The lowest BCUT2D eigenvalue weighted by Gasteiger charge is -2.29. The van der Waals surface area contributed by atoms with Gasteiger partial charge in [-0.3, -0.25) is 4.18 Å². The molecule has 1 aromatic rings. The molecule has 0 spiro atoms. The van der Waals surface area contributed by atoms with Crippen LogP contribution < -0.4 is 0 Å². The highest BCUT2D eigenvalue weighted by molar-refractivity contribution is 7.86. The van der Waals surface area contributed by atoms with Crippen LogP contribution in [0.4, 0.5) is 0 Å². The number of fused-ring (bicyclic) bond motifs is 1. The number of rotatable bonds is 11. The van der Waals surface area contributed by atoms with E-state index in [-0.39, 0.29) is 29.3 Å². The van der Waals surface area contributed by atoms with Gasteiger partial charge in [0.1, 0.15) is 29.8 Å². The lowest BCUT2D eigenvalue weighted by atomic mass is 9.89. The van der Waals surface area contributed by atoms with Crippen molar-refractivity contribution in [1.29, 1.82) is 0 Å². The molecular formula is C27H42O8S. The molecule has 5 atom stereocenters. The third kappa shape index (κ3) is 5.97. The van der Waals surface area contributed by atoms with Gasteiger partial charge in [-0.1, -0.05) is 60.3 Å². The second-order valence-corrected chi connectivity index (χ2v) is 12.4. The highest BCUT2D eigenvalue weighted by Crippen LogP contribution is 2.41. The van der Waals surface area contributed by atoms with Crippen LogP contribution in [-0.4, -0.2) is 58.6 Å². The summed E-state index contributed by atoms with van der Waals surface area (Å²) in [4.78, 5) is 0.232. The minimum atomic E-state index is -4.13. The summed E-state index contributed by atoms with van der Waals surface area (Å²) in [6.45, 7) is 19.1. The standard InChI is InChI=1S/C27H42O8S/c1-11-31-21(22-23(30-10)24-26(33-22)35-27(8,9)34-24)14-32-36(28,29)25-19(16(4)5)12-18(15(2)3)13-20(25)17(6)7/h11-13,15-17,21-24,26H,1,14H2,2-10H3/t21-,22-,23+,24-,26-/m1/s1. The first-order valence-corrected chi connectivity index (χ1v) is 14.0. The molecule has 3 rings (SSSR count). The summed E-state index contributed by atoms with van der Waals surface area (Å²) in [5.41, 5.74) is 2.60. The van der Waals surface area contributed by atoms with Crippen molar-refractivity contribution >= 4 is 10.1 Å². The molecular weight excluding hydrogens is 484 g/mol. The maximum Gasteiger partial charge on any atom is 0.297 e. The van der Waals surface area contributed by atoms with Gasteiger partial charge in [-0.15, -0.1) is 0 Å². The Morgan fingerprint density at radius 1 is 1.03 bits per heavy atom. The molecule has 9 heteroatoms. The molecule has 0 unspecified atom stereocenters. The van der Waals surface area contributed by atoms with Gasteiger partial charge in [0, 0.05) is 7.11 Å². The Bertz CT molecular complexity index is 1000. The van der Waals surface area contributed by atoms with E-state index in [0.717, 1.165) is 16.7 Å². The van der Waals surface area contributed by atoms with E-state index in [0.29, 0.717) is 0 Å². The first kappa shape index (κ1) is 29.1. The highest BCUT2D eigenvalue weighted by atomic mass is 32.2. The average molecular weight is 527 g/mol. The molecule has 2 saturated heterocycles. The summed E-state index contributed by atoms with van der Waals surface area (Å²) in [5.74, 6) is -0.568. The summed E-state index contributed by atoms with van der Waals surface area (Å²) >= 11 is 0. The first-order chi connectivity index (χ1) is 16.7. The highest BCUT2D eigenvalue weighted by Gasteiger charge is 2.57. The van der Waals surface area contributed by atoms with E-state index in [9.17, 15) is 8.42 Å². The maximum atomic E-state index is 13.7. The third-order valence-corrected chi connectivity index (χ3v) is 8.07. The fourth-order valence-corrected chi connectivity index (χ4v) is 6.40. The Labute approximate surface area is 216 Å². The second-order valence-electron chi connectivity index (χ2n) is 10.8. The van der Waals surface area contributed by atoms with Gasteiger partial charge < -0.3 is 23.7 Å². The van der Waals surface area contributed by atoms with Crippen molar-refractivity contribution in [3.63, 3.8) is 0 Å². The number of ether oxygens (including phenoxy) is 5. The molecule has 204 valence electrons. The van der Waals surface area contributed by atoms with Crippen molar-refractivity contribution in [3.8, 4) is 0 Å². The Balaban J connectivity index is 1.91. The molecule has 0 amide bonds. The van der Waals surface area contributed by atoms with Crippen LogP contribution in [0.2, 0.25) is 0 Å². The van der Waals surface area contributed by atoms with Crippen LogP contribution in [-0.2, 0) is 38.0 Å². The topological polar surface area (TPSA) is 89.5 Å². The minimum absolute atomic E-state index is 0.0112. The smallest absolute Gasteiger partial charge is 0.297 e. The number of benzene rings is 1. The zero-order chi connectivity index (χ0) is 27.0. The Morgan fingerprint density at radius 2 is 1.61 bits per heavy atom. The Hall–Kier alpha value is -1.49. The molecule has 2 heterocycles. The molecule has 0 saturated carbocycles. The van der Waals surface area contributed by atoms with E-state index in [1.807, 2.05) is 39.8 Å². The SMILES string of the molecule is C=CO[C@H](COS(=O)(=O)c1c(C(C)C)cc(C(C)C)cc1C(C)C)[C@H]1O[C@@H]2OC(C)(C)O[C@@H]2[C@H]1OC. The van der Waals surface area contributed by atoms with Gasteiger partial charge in [-0.05, 0) is 48.3 Å². The van der Waals surface area contributed by atoms with E-state index in [1.54, 1.807) is 21.0 Å². The van der Waals surface area contributed by atoms with Crippen LogP contribution >= 0.6 is 0 Å². The molecule has 0 aromatic heterocycles. The summed E-state index contributed by atoms with van der Waals surface area (Å²) in [7, 11) is -2.59. The zero-order valence-electron chi connectivity index (χ0n) is 22.9. The van der Waals surface area contributed by atoms with Gasteiger partial charge in [-0.2, -0.15) is 8.42 Å². The van der Waals surface area contributed by atoms with Crippen molar-refractivity contribution in [2.45, 2.75) is 115 Å². The van der Waals surface area contributed by atoms with Crippen LogP contribution in [0.15, 0.2) is 29.9 Å². The second kappa shape index (κ2) is 11.1. The molecule has 1 aromatic carbocycles. The Morgan fingerprint density at radius 3 is 2.08 bits per heavy atom. The molecule has 2 fully saturated rings. The minimum Gasteiger partial charge on any atom is -0.493 e. The van der Waals surface area contributed by atoms with Crippen molar-refractivity contribution in [2.24, 2.45) is 0 Å². The van der Waals surface area contributed by atoms with E-state index in [4.69, 9.17) is 27.9 Å². The fourth-order valence-electron chi connectivity index (χ4n) is 4.80. The molecule has 0 N–H and O–H groups in total. The predicted molar refractivity (Wildman–Crippen MR) is 136 cm³/mol.